The van der Waals surface area contributed by atoms with Crippen molar-refractivity contribution in [2.45, 2.75) is 38.4 Å². The third-order valence-corrected chi connectivity index (χ3v) is 3.86. The highest BCUT2D eigenvalue weighted by molar-refractivity contribution is 14.1. The molecule has 0 bridgehead atoms. The first-order valence-corrected chi connectivity index (χ1v) is 8.26. The Kier molecular flexibility index (Phi) is 5.93. The van der Waals surface area contributed by atoms with Gasteiger partial charge in [0.1, 0.15) is 18.5 Å². The molecule has 0 unspecified atom stereocenters. The molecule has 1 aliphatic rings. The molecule has 1 aliphatic heterocycles. The fourth-order valence-electron chi connectivity index (χ4n) is 2.16. The molecule has 0 spiro atoms. The van der Waals surface area contributed by atoms with Crippen LogP contribution in [-0.2, 0) is 23.8 Å². The topological polar surface area (TPSA) is 132 Å². The van der Waals surface area contributed by atoms with Crippen LogP contribution in [0.15, 0.2) is 12.4 Å². The van der Waals surface area contributed by atoms with Crippen LogP contribution in [0.1, 0.15) is 13.8 Å². The van der Waals surface area contributed by atoms with Crippen LogP contribution in [0.3, 0.4) is 0 Å². The van der Waals surface area contributed by atoms with E-state index in [9.17, 15) is 19.7 Å². The van der Waals surface area contributed by atoms with Gasteiger partial charge in [0.15, 0.2) is 6.10 Å². The van der Waals surface area contributed by atoms with Crippen molar-refractivity contribution >= 4 is 40.5 Å². The fourth-order valence-corrected chi connectivity index (χ4v) is 2.87. The molecule has 132 valence electrons. The second-order valence-electron chi connectivity index (χ2n) is 4.76. The van der Waals surface area contributed by atoms with E-state index in [4.69, 9.17) is 19.0 Å². The zero-order chi connectivity index (χ0) is 17.9. The average molecular weight is 455 g/mol. The summed E-state index contributed by atoms with van der Waals surface area (Å²) in [5.74, 6) is -1.78. The summed E-state index contributed by atoms with van der Waals surface area (Å²) in [4.78, 5) is 41.7. The van der Waals surface area contributed by atoms with E-state index in [1.807, 2.05) is 22.6 Å². The summed E-state index contributed by atoms with van der Waals surface area (Å²) in [5.41, 5.74) is 0. The number of ether oxygens (including phenoxy) is 3. The van der Waals surface area contributed by atoms with E-state index >= 15 is 0 Å². The van der Waals surface area contributed by atoms with Crippen LogP contribution in [0.4, 0.5) is 5.95 Å². The third-order valence-electron chi connectivity index (χ3n) is 2.99. The van der Waals surface area contributed by atoms with Gasteiger partial charge >= 0.3 is 17.9 Å². The van der Waals surface area contributed by atoms with E-state index in [0.29, 0.717) is 4.43 Å². The zero-order valence-corrected chi connectivity index (χ0v) is 14.8. The minimum atomic E-state index is -1.20. The van der Waals surface area contributed by atoms with Gasteiger partial charge in [0.2, 0.25) is 6.10 Å². The van der Waals surface area contributed by atoms with Crippen LogP contribution in [0.5, 0.6) is 0 Å². The number of carbonyl (C=O) groups is 2. The van der Waals surface area contributed by atoms with Crippen molar-refractivity contribution in [3.63, 3.8) is 0 Å². The van der Waals surface area contributed by atoms with Crippen molar-refractivity contribution in [2.75, 3.05) is 4.43 Å². The minimum absolute atomic E-state index is 0.416. The Morgan fingerprint density at radius 2 is 2.00 bits per heavy atom. The van der Waals surface area contributed by atoms with Crippen LogP contribution in [0.25, 0.3) is 0 Å². The first kappa shape index (κ1) is 18.4. The molecule has 11 nitrogen and oxygen atoms in total. The fraction of sp³-hybridized carbons (Fsp3) is 0.583. The van der Waals surface area contributed by atoms with Gasteiger partial charge in [-0.2, -0.15) is 0 Å². The molecular weight excluding hydrogens is 441 g/mol. The molecule has 1 aromatic heterocycles. The number of nitro groups is 1. The van der Waals surface area contributed by atoms with Gasteiger partial charge in [-0.05, 0) is 9.65 Å². The lowest BCUT2D eigenvalue weighted by Gasteiger charge is -2.22. The summed E-state index contributed by atoms with van der Waals surface area (Å²) in [7, 11) is 0. The van der Waals surface area contributed by atoms with E-state index in [-0.39, 0.29) is 0 Å². The third kappa shape index (κ3) is 4.11. The monoisotopic (exact) mass is 455 g/mol. The second-order valence-corrected chi connectivity index (χ2v) is 5.64. The number of esters is 2. The predicted molar refractivity (Wildman–Crippen MR) is 84.1 cm³/mol. The first-order chi connectivity index (χ1) is 11.3. The minimum Gasteiger partial charge on any atom is -0.455 e. The van der Waals surface area contributed by atoms with E-state index < -0.39 is 47.4 Å². The van der Waals surface area contributed by atoms with Gasteiger partial charge in [0.25, 0.3) is 6.29 Å². The van der Waals surface area contributed by atoms with Crippen molar-refractivity contribution in [1.82, 2.24) is 9.71 Å². The zero-order valence-electron chi connectivity index (χ0n) is 12.7. The van der Waals surface area contributed by atoms with Gasteiger partial charge in [-0.25, -0.2) is 0 Å². The van der Waals surface area contributed by atoms with Gasteiger partial charge in [0.05, 0.1) is 0 Å². The highest BCUT2D eigenvalue weighted by Crippen LogP contribution is 2.28. The first-order valence-electron chi connectivity index (χ1n) is 6.74. The quantitative estimate of drug-likeness (QED) is 0.195. The van der Waals surface area contributed by atoms with Crippen molar-refractivity contribution < 1.29 is 33.6 Å². The molecule has 24 heavy (non-hydrogen) atoms. The number of carbonyl (C=O) groups excluding carboxylic acids is 2. The lowest BCUT2D eigenvalue weighted by molar-refractivity contribution is -0.404. The highest BCUT2D eigenvalue weighted by Gasteiger charge is 2.51. The smallest absolute Gasteiger partial charge is 0.455 e. The Hall–Kier alpha value is -1.96. The molecule has 0 amide bonds. The van der Waals surface area contributed by atoms with E-state index in [1.54, 1.807) is 0 Å². The summed E-state index contributed by atoms with van der Waals surface area (Å²) in [6.07, 6.45) is -1.39. The van der Waals surface area contributed by atoms with Crippen molar-refractivity contribution in [1.29, 1.82) is 0 Å². The van der Waals surface area contributed by atoms with Crippen LogP contribution in [-0.4, -0.2) is 55.6 Å². The molecule has 2 rings (SSSR count). The molecular formula is C12H14IN3O8. The number of imidazole rings is 1. The normalized spacial score (nSPS) is 26.0. The van der Waals surface area contributed by atoms with E-state index in [2.05, 4.69) is 4.98 Å². The molecule has 1 saturated heterocycles. The van der Waals surface area contributed by atoms with Gasteiger partial charge in [-0.15, -0.1) is 0 Å². The number of hydrogen-bond donors (Lipinski definition) is 0. The Bertz CT molecular complexity index is 636. The van der Waals surface area contributed by atoms with Crippen LogP contribution < -0.4 is 4.84 Å². The summed E-state index contributed by atoms with van der Waals surface area (Å²) < 4.78 is 17.1. The number of aromatic nitrogens is 2. The Labute approximate surface area is 149 Å². The number of nitrogens with zero attached hydrogens (tertiary/aromatic N) is 3. The summed E-state index contributed by atoms with van der Waals surface area (Å²) in [6.45, 7) is 2.39. The van der Waals surface area contributed by atoms with Crippen LogP contribution >= 0.6 is 22.6 Å². The average Bonchev–Trinajstić information content (AvgIpc) is 3.06. The Morgan fingerprint density at radius 3 is 2.54 bits per heavy atom. The lowest BCUT2D eigenvalue weighted by atomic mass is 10.1. The summed E-state index contributed by atoms with van der Waals surface area (Å²) in [5, 5.41) is 10.9. The molecule has 12 heteroatoms. The standard InChI is InChI=1S/C12H14IN3O8/c1-6(17)21-9-8(5-13)23-11(10(9)22-7(2)18)24-15-4-3-14-12(15)16(19)20/h3-4,8-11H,5H2,1-2H3/t8-,9-,10+,11+/m1/s1. The largest absolute Gasteiger partial charge is 0.471 e. The van der Waals surface area contributed by atoms with Crippen molar-refractivity contribution in [3.05, 3.63) is 22.5 Å². The summed E-state index contributed by atoms with van der Waals surface area (Å²) >= 11 is 2.01. The van der Waals surface area contributed by atoms with Gasteiger partial charge in [-0.3, -0.25) is 9.59 Å². The van der Waals surface area contributed by atoms with Gasteiger partial charge in [-0.1, -0.05) is 27.6 Å². The SMILES string of the molecule is CC(=O)O[C@@H]1[C@H](On2ccnc2[N+](=O)[O-])O[C@H](CI)[C@H]1OC(C)=O. The molecule has 1 aromatic rings. The Balaban J connectivity index is 2.25. The number of halogens is 1. The van der Waals surface area contributed by atoms with E-state index in [1.165, 1.54) is 26.2 Å². The number of alkyl halides is 1. The van der Waals surface area contributed by atoms with Crippen LogP contribution in [0.2, 0.25) is 0 Å². The maximum Gasteiger partial charge on any atom is 0.471 e. The van der Waals surface area contributed by atoms with Gasteiger partial charge in [0, 0.05) is 18.3 Å². The maximum atomic E-state index is 11.3. The molecule has 0 aromatic carbocycles. The maximum absolute atomic E-state index is 11.3. The number of rotatable bonds is 6. The predicted octanol–water partition coefficient (Wildman–Crippen LogP) is 0.243. The molecule has 0 aliphatic carbocycles. The van der Waals surface area contributed by atoms with Gasteiger partial charge < -0.3 is 29.2 Å². The molecule has 0 N–H and O–H groups in total. The molecule has 2 heterocycles. The molecule has 1 fully saturated rings. The molecule has 0 radical (unpaired) electrons. The molecule has 4 atom stereocenters. The summed E-state index contributed by atoms with van der Waals surface area (Å²) in [6, 6.07) is 0. The molecule has 0 saturated carbocycles. The highest BCUT2D eigenvalue weighted by atomic mass is 127. The van der Waals surface area contributed by atoms with Crippen molar-refractivity contribution in [3.8, 4) is 0 Å². The van der Waals surface area contributed by atoms with Crippen molar-refractivity contribution in [2.24, 2.45) is 0 Å². The number of hydrogen-bond acceptors (Lipinski definition) is 9. The second kappa shape index (κ2) is 7.74. The van der Waals surface area contributed by atoms with E-state index in [0.717, 1.165) is 4.73 Å². The van der Waals surface area contributed by atoms with Crippen LogP contribution in [0, 0.1) is 10.1 Å². The lowest BCUT2D eigenvalue weighted by Crippen LogP contribution is -2.43. The Morgan fingerprint density at radius 1 is 1.38 bits per heavy atom.